The van der Waals surface area contributed by atoms with Crippen LogP contribution in [0.3, 0.4) is 0 Å². The molecule has 98 valence electrons. The van der Waals surface area contributed by atoms with Crippen molar-refractivity contribution in [2.45, 2.75) is 0 Å². The molecule has 0 radical (unpaired) electrons. The molecule has 0 aromatic heterocycles. The van der Waals surface area contributed by atoms with Crippen LogP contribution >= 0.6 is 0 Å². The third-order valence-corrected chi connectivity index (χ3v) is 9.83. The second-order valence-corrected chi connectivity index (χ2v) is 10.8. The molecule has 0 aliphatic rings. The molecule has 0 amide bonds. The molecule has 0 atom stereocenters. The number of benzene rings is 4. The van der Waals surface area contributed by atoms with Crippen LogP contribution in [0.5, 0.6) is 0 Å². The van der Waals surface area contributed by atoms with E-state index in [0.29, 0.717) is 0 Å². The molecular formula is C20H15In. The summed E-state index contributed by atoms with van der Waals surface area (Å²) in [5.74, 6) is 0. The predicted octanol–water partition coefficient (Wildman–Crippen LogP) is 3.38. The summed E-state index contributed by atoms with van der Waals surface area (Å²) in [6.45, 7) is 0. The molecule has 0 saturated heterocycles. The van der Waals surface area contributed by atoms with Crippen LogP contribution in [0.1, 0.15) is 0 Å². The van der Waals surface area contributed by atoms with Crippen molar-refractivity contribution in [3.63, 3.8) is 0 Å². The summed E-state index contributed by atoms with van der Waals surface area (Å²) in [7, 11) is 0. The molecule has 0 nitrogen and oxygen atoms in total. The average Bonchev–Trinajstić information content (AvgIpc) is 2.56. The number of rotatable bonds is 2. The molecule has 0 saturated carbocycles. The Morgan fingerprint density at radius 1 is 0.429 bits per heavy atom. The van der Waals surface area contributed by atoms with Crippen molar-refractivity contribution in [3.05, 3.63) is 84.9 Å². The summed E-state index contributed by atoms with van der Waals surface area (Å²) in [5.41, 5.74) is 0. The zero-order valence-corrected chi connectivity index (χ0v) is 15.8. The Labute approximate surface area is 135 Å². The van der Waals surface area contributed by atoms with Crippen molar-refractivity contribution in [2.24, 2.45) is 0 Å². The standard InChI is InChI=1S/2C10H7.In.H/c2*1-2-6-10-8-4-3-7-9(10)5-1;;/h2*1-7H;;. The van der Waals surface area contributed by atoms with Crippen LogP contribution in [0.4, 0.5) is 0 Å². The Hall–Kier alpha value is -1.73. The van der Waals surface area contributed by atoms with Gasteiger partial charge in [-0.2, -0.15) is 0 Å². The minimum absolute atomic E-state index is 1.22. The number of fused-ring (bicyclic) bond motifs is 2. The van der Waals surface area contributed by atoms with Gasteiger partial charge in [-0.05, 0) is 0 Å². The van der Waals surface area contributed by atoms with E-state index in [1.54, 1.807) is 6.64 Å². The van der Waals surface area contributed by atoms with Crippen molar-refractivity contribution in [1.82, 2.24) is 0 Å². The molecule has 0 bridgehead atoms. The summed E-state index contributed by atoms with van der Waals surface area (Å²) in [4.78, 5) is 0. The molecule has 0 aliphatic heterocycles. The van der Waals surface area contributed by atoms with Gasteiger partial charge in [-0.3, -0.25) is 0 Å². The summed E-state index contributed by atoms with van der Waals surface area (Å²) in [6.07, 6.45) is 0. The molecule has 1 heteroatoms. The summed E-state index contributed by atoms with van der Waals surface area (Å²) in [6, 6.07) is 31.0. The van der Waals surface area contributed by atoms with Gasteiger partial charge in [0.25, 0.3) is 0 Å². The average molecular weight is 370 g/mol. The first-order chi connectivity index (χ1) is 10.4. The van der Waals surface area contributed by atoms with Gasteiger partial charge in [0.1, 0.15) is 0 Å². The number of hydrogen-bond donors (Lipinski definition) is 0. The molecule has 4 aromatic rings. The van der Waals surface area contributed by atoms with E-state index < -0.39 is 22.9 Å². The van der Waals surface area contributed by atoms with Crippen LogP contribution < -0.4 is 6.64 Å². The van der Waals surface area contributed by atoms with Crippen molar-refractivity contribution in [1.29, 1.82) is 0 Å². The van der Waals surface area contributed by atoms with Gasteiger partial charge < -0.3 is 0 Å². The van der Waals surface area contributed by atoms with Gasteiger partial charge in [0.15, 0.2) is 0 Å². The van der Waals surface area contributed by atoms with Crippen molar-refractivity contribution < 1.29 is 0 Å². The summed E-state index contributed by atoms with van der Waals surface area (Å²) >= 11 is -1.22. The fraction of sp³-hybridized carbons (Fsp3) is 0. The Morgan fingerprint density at radius 2 is 0.857 bits per heavy atom. The van der Waals surface area contributed by atoms with E-state index in [2.05, 4.69) is 84.9 Å². The van der Waals surface area contributed by atoms with Gasteiger partial charge in [0.05, 0.1) is 0 Å². The van der Waals surface area contributed by atoms with E-state index >= 15 is 0 Å². The maximum absolute atomic E-state index is 2.33. The van der Waals surface area contributed by atoms with Gasteiger partial charge in [-0.25, -0.2) is 0 Å². The van der Waals surface area contributed by atoms with Crippen LogP contribution in [0.25, 0.3) is 21.5 Å². The first-order valence-corrected chi connectivity index (χ1v) is 11.4. The normalized spacial score (nSPS) is 10.9. The third-order valence-electron chi connectivity index (χ3n) is 4.14. The molecule has 0 spiro atoms. The van der Waals surface area contributed by atoms with Crippen LogP contribution in [0, 0.1) is 0 Å². The first kappa shape index (κ1) is 13.0. The second kappa shape index (κ2) is 5.57. The Balaban J connectivity index is 1.87. The van der Waals surface area contributed by atoms with Crippen molar-refractivity contribution in [3.8, 4) is 0 Å². The fourth-order valence-electron chi connectivity index (χ4n) is 3.10. The van der Waals surface area contributed by atoms with Gasteiger partial charge >= 0.3 is 136 Å². The zero-order chi connectivity index (χ0) is 14.1. The van der Waals surface area contributed by atoms with Gasteiger partial charge in [0.2, 0.25) is 0 Å². The summed E-state index contributed by atoms with van der Waals surface area (Å²) < 4.78 is 3.21. The third kappa shape index (κ3) is 2.47. The van der Waals surface area contributed by atoms with Crippen LogP contribution in [-0.2, 0) is 0 Å². The van der Waals surface area contributed by atoms with E-state index in [-0.39, 0.29) is 0 Å². The SMILES string of the molecule is c1ccc2[c]([InH][c]3cccc4ccccc34)cccc2c1. The van der Waals surface area contributed by atoms with Crippen LogP contribution in [0.2, 0.25) is 0 Å². The molecule has 0 unspecified atom stereocenters. The van der Waals surface area contributed by atoms with Crippen molar-refractivity contribution in [2.75, 3.05) is 0 Å². The Bertz CT molecular complexity index is 837. The molecule has 4 rings (SSSR count). The van der Waals surface area contributed by atoms with Gasteiger partial charge in [-0.15, -0.1) is 0 Å². The zero-order valence-electron chi connectivity index (χ0n) is 11.8. The monoisotopic (exact) mass is 370 g/mol. The predicted molar refractivity (Wildman–Crippen MR) is 94.3 cm³/mol. The topological polar surface area (TPSA) is 0 Å². The molecular weight excluding hydrogens is 355 g/mol. The van der Waals surface area contributed by atoms with E-state index in [9.17, 15) is 0 Å². The molecule has 0 aliphatic carbocycles. The van der Waals surface area contributed by atoms with E-state index in [0.717, 1.165) is 0 Å². The van der Waals surface area contributed by atoms with Crippen molar-refractivity contribution >= 4 is 51.1 Å². The van der Waals surface area contributed by atoms with E-state index in [1.807, 2.05) is 0 Å². The van der Waals surface area contributed by atoms with Gasteiger partial charge in [-0.1, -0.05) is 0 Å². The van der Waals surface area contributed by atoms with Crippen LogP contribution in [0.15, 0.2) is 84.9 Å². The fourth-order valence-corrected chi connectivity index (χ4v) is 8.64. The summed E-state index contributed by atoms with van der Waals surface area (Å²) in [5, 5.41) is 5.63. The molecule has 0 heterocycles. The second-order valence-electron chi connectivity index (χ2n) is 5.45. The Morgan fingerprint density at radius 3 is 1.38 bits per heavy atom. The molecule has 4 aromatic carbocycles. The van der Waals surface area contributed by atoms with Gasteiger partial charge in [0, 0.05) is 0 Å². The Kier molecular flexibility index (Phi) is 3.44. The number of hydrogen-bond acceptors (Lipinski definition) is 0. The molecule has 0 fully saturated rings. The first-order valence-electron chi connectivity index (χ1n) is 7.35. The van der Waals surface area contributed by atoms with E-state index in [4.69, 9.17) is 0 Å². The quantitative estimate of drug-likeness (QED) is 0.508. The minimum atomic E-state index is -1.22. The maximum atomic E-state index is 2.33. The molecule has 0 N–H and O–H groups in total. The molecule has 21 heavy (non-hydrogen) atoms. The van der Waals surface area contributed by atoms with E-state index in [1.165, 1.54) is 21.5 Å². The van der Waals surface area contributed by atoms with Crippen LogP contribution in [-0.4, -0.2) is 22.9 Å².